The molecule has 1 atom stereocenters. The first kappa shape index (κ1) is 15.2. The van der Waals surface area contributed by atoms with E-state index in [0.717, 1.165) is 6.07 Å². The summed E-state index contributed by atoms with van der Waals surface area (Å²) in [6.45, 7) is 0.132. The van der Waals surface area contributed by atoms with Crippen LogP contribution in [0.2, 0.25) is 0 Å². The van der Waals surface area contributed by atoms with Crippen molar-refractivity contribution in [3.8, 4) is 0 Å². The van der Waals surface area contributed by atoms with Gasteiger partial charge in [0.2, 0.25) is 0 Å². The minimum atomic E-state index is -3.40. The number of hydrogen-bond donors (Lipinski definition) is 2. The Morgan fingerprint density at radius 1 is 1.44 bits per heavy atom. The van der Waals surface area contributed by atoms with E-state index in [2.05, 4.69) is 0 Å². The molecule has 92 valence electrons. The first-order valence-corrected chi connectivity index (χ1v) is 4.39. The second-order valence-electron chi connectivity index (χ2n) is 3.41. The van der Waals surface area contributed by atoms with Gasteiger partial charge in [-0.05, 0) is 24.1 Å². The summed E-state index contributed by atoms with van der Waals surface area (Å²) in [5.74, 6) is -3.87. The largest absolute Gasteiger partial charge is 0.390 e. The van der Waals surface area contributed by atoms with Crippen molar-refractivity contribution < 1.29 is 18.3 Å². The van der Waals surface area contributed by atoms with Gasteiger partial charge in [0.05, 0.1) is 6.04 Å². The van der Waals surface area contributed by atoms with Gasteiger partial charge < -0.3 is 10.8 Å². The summed E-state index contributed by atoms with van der Waals surface area (Å²) in [4.78, 5) is 0. The van der Waals surface area contributed by atoms with Crippen LogP contribution in [0.5, 0.6) is 0 Å². The molecule has 0 aromatic heterocycles. The third-order valence-electron chi connectivity index (χ3n) is 2.21. The normalized spacial score (nSPS) is 13.1. The predicted octanol–water partition coefficient (Wildman–Crippen LogP) is 2.18. The van der Waals surface area contributed by atoms with E-state index in [1.165, 1.54) is 19.1 Å². The first-order chi connectivity index (χ1) is 6.88. The lowest BCUT2D eigenvalue weighted by molar-refractivity contribution is -0.0712. The van der Waals surface area contributed by atoms with Crippen molar-refractivity contribution in [2.45, 2.75) is 18.9 Å². The number of benzene rings is 1. The molecular formula is C10H13ClF3NO. The Balaban J connectivity index is 0.00000225. The number of aliphatic hydroxyl groups is 1. The van der Waals surface area contributed by atoms with E-state index in [1.54, 1.807) is 0 Å². The lowest BCUT2D eigenvalue weighted by Gasteiger charge is -2.21. The van der Waals surface area contributed by atoms with Gasteiger partial charge >= 0.3 is 0 Å². The monoisotopic (exact) mass is 255 g/mol. The number of hydrogen-bond acceptors (Lipinski definition) is 2. The molecule has 0 amide bonds. The van der Waals surface area contributed by atoms with Gasteiger partial charge in [0.1, 0.15) is 12.4 Å². The van der Waals surface area contributed by atoms with Crippen LogP contribution in [0.25, 0.3) is 0 Å². The highest BCUT2D eigenvalue weighted by Crippen LogP contribution is 2.29. The lowest BCUT2D eigenvalue weighted by atomic mass is 10.00. The molecule has 0 radical (unpaired) electrons. The van der Waals surface area contributed by atoms with Gasteiger partial charge in [-0.25, -0.2) is 13.2 Å². The summed E-state index contributed by atoms with van der Waals surface area (Å²) in [6, 6.07) is 1.90. The number of aryl methyl sites for hydroxylation is 1. The maximum atomic E-state index is 13.0. The van der Waals surface area contributed by atoms with Gasteiger partial charge in [0.15, 0.2) is 0 Å². The van der Waals surface area contributed by atoms with Gasteiger partial charge in [-0.2, -0.15) is 0 Å². The van der Waals surface area contributed by atoms with Crippen LogP contribution in [-0.2, 0) is 0 Å². The Bertz CT molecular complexity index is 360. The Morgan fingerprint density at radius 3 is 2.44 bits per heavy atom. The molecule has 2 nitrogen and oxygen atoms in total. The highest BCUT2D eigenvalue weighted by atomic mass is 35.5. The maximum Gasteiger partial charge on any atom is 0.289 e. The fourth-order valence-corrected chi connectivity index (χ4v) is 1.20. The Kier molecular flexibility index (Phi) is 5.25. The molecule has 0 aliphatic rings. The Morgan fingerprint density at radius 2 is 2.00 bits per heavy atom. The summed E-state index contributed by atoms with van der Waals surface area (Å²) in [5, 5.41) is 8.45. The SMILES string of the molecule is Cc1cc([C@H](N)C(F)(F)CO)ccc1F.Cl. The van der Waals surface area contributed by atoms with Crippen LogP contribution in [0, 0.1) is 12.7 Å². The third-order valence-corrected chi connectivity index (χ3v) is 2.21. The fourth-order valence-electron chi connectivity index (χ4n) is 1.20. The third kappa shape index (κ3) is 3.10. The van der Waals surface area contributed by atoms with Crippen molar-refractivity contribution >= 4 is 12.4 Å². The van der Waals surface area contributed by atoms with E-state index < -0.39 is 24.4 Å². The number of aliphatic hydroxyl groups excluding tert-OH is 1. The molecule has 1 rings (SSSR count). The zero-order valence-electron chi connectivity index (χ0n) is 8.58. The van der Waals surface area contributed by atoms with Gasteiger partial charge in [-0.3, -0.25) is 0 Å². The van der Waals surface area contributed by atoms with Crippen molar-refractivity contribution in [1.29, 1.82) is 0 Å². The van der Waals surface area contributed by atoms with E-state index in [1.807, 2.05) is 0 Å². The van der Waals surface area contributed by atoms with E-state index in [4.69, 9.17) is 10.8 Å². The minimum Gasteiger partial charge on any atom is -0.390 e. The number of rotatable bonds is 3. The number of alkyl halides is 2. The predicted molar refractivity (Wildman–Crippen MR) is 57.3 cm³/mol. The fraction of sp³-hybridized carbons (Fsp3) is 0.400. The van der Waals surface area contributed by atoms with Crippen molar-refractivity contribution in [3.05, 3.63) is 35.1 Å². The van der Waals surface area contributed by atoms with Crippen molar-refractivity contribution in [1.82, 2.24) is 0 Å². The summed E-state index contributed by atoms with van der Waals surface area (Å²) in [6.07, 6.45) is 0. The highest BCUT2D eigenvalue weighted by Gasteiger charge is 2.37. The second kappa shape index (κ2) is 5.52. The molecule has 0 heterocycles. The first-order valence-electron chi connectivity index (χ1n) is 4.39. The van der Waals surface area contributed by atoms with Gasteiger partial charge in [0.25, 0.3) is 5.92 Å². The van der Waals surface area contributed by atoms with Gasteiger partial charge in [-0.1, -0.05) is 12.1 Å². The molecule has 16 heavy (non-hydrogen) atoms. The topological polar surface area (TPSA) is 46.2 Å². The molecule has 0 saturated heterocycles. The standard InChI is InChI=1S/C10H12F3NO.ClH/c1-6-4-7(2-3-8(6)11)9(14)10(12,13)5-15;/h2-4,9,15H,5,14H2,1H3;1H/t9-;/m0./s1. The molecule has 1 aromatic rings. The van der Waals surface area contributed by atoms with Crippen LogP contribution < -0.4 is 5.73 Å². The highest BCUT2D eigenvalue weighted by molar-refractivity contribution is 5.85. The smallest absolute Gasteiger partial charge is 0.289 e. The quantitative estimate of drug-likeness (QED) is 0.870. The molecule has 1 aromatic carbocycles. The average Bonchev–Trinajstić information content (AvgIpc) is 2.21. The molecule has 0 saturated carbocycles. The van der Waals surface area contributed by atoms with Crippen molar-refractivity contribution in [3.63, 3.8) is 0 Å². The molecule has 0 unspecified atom stereocenters. The summed E-state index contributed by atoms with van der Waals surface area (Å²) < 4.78 is 38.9. The minimum absolute atomic E-state index is 0. The molecule has 0 aliphatic heterocycles. The zero-order valence-corrected chi connectivity index (χ0v) is 9.40. The van der Waals surface area contributed by atoms with E-state index >= 15 is 0 Å². The van der Waals surface area contributed by atoms with Crippen LogP contribution in [0.1, 0.15) is 17.2 Å². The number of nitrogens with two attached hydrogens (primary N) is 1. The van der Waals surface area contributed by atoms with E-state index in [0.29, 0.717) is 0 Å². The second-order valence-corrected chi connectivity index (χ2v) is 3.41. The van der Waals surface area contributed by atoms with Gasteiger partial charge in [-0.15, -0.1) is 12.4 Å². The Labute approximate surface area is 97.7 Å². The van der Waals surface area contributed by atoms with Crippen LogP contribution in [-0.4, -0.2) is 17.6 Å². The van der Waals surface area contributed by atoms with Crippen LogP contribution in [0.3, 0.4) is 0 Å². The van der Waals surface area contributed by atoms with Crippen LogP contribution in [0.4, 0.5) is 13.2 Å². The molecule has 0 spiro atoms. The van der Waals surface area contributed by atoms with Crippen LogP contribution in [0.15, 0.2) is 18.2 Å². The maximum absolute atomic E-state index is 13.0. The average molecular weight is 256 g/mol. The van der Waals surface area contributed by atoms with Gasteiger partial charge in [0, 0.05) is 0 Å². The molecule has 0 bridgehead atoms. The van der Waals surface area contributed by atoms with E-state index in [9.17, 15) is 13.2 Å². The van der Waals surface area contributed by atoms with E-state index in [-0.39, 0.29) is 23.5 Å². The summed E-state index contributed by atoms with van der Waals surface area (Å²) in [7, 11) is 0. The molecule has 0 aliphatic carbocycles. The molecular weight excluding hydrogens is 243 g/mol. The molecule has 3 N–H and O–H groups in total. The number of halogens is 4. The summed E-state index contributed by atoms with van der Waals surface area (Å²) >= 11 is 0. The summed E-state index contributed by atoms with van der Waals surface area (Å²) in [5.41, 5.74) is 5.62. The van der Waals surface area contributed by atoms with Crippen molar-refractivity contribution in [2.75, 3.05) is 6.61 Å². The van der Waals surface area contributed by atoms with Crippen LogP contribution >= 0.6 is 12.4 Å². The molecule has 6 heteroatoms. The van der Waals surface area contributed by atoms with Crippen molar-refractivity contribution in [2.24, 2.45) is 5.73 Å². The molecule has 0 fully saturated rings. The Hall–Kier alpha value is -0.780. The lowest BCUT2D eigenvalue weighted by Crippen LogP contribution is -2.36. The zero-order chi connectivity index (χ0) is 11.6.